The standard InChI is InChI=1S/C17H23NO2/c1-3-11-20-17-8-6-15(7-9-17)13-18-10-4-5-16(18)12-14(2)19/h1,6-9,14,16,19H,4-5,10-13H2,2H3. The van der Waals surface area contributed by atoms with Gasteiger partial charge in [-0.25, -0.2) is 0 Å². The summed E-state index contributed by atoms with van der Waals surface area (Å²) >= 11 is 0. The van der Waals surface area contributed by atoms with Gasteiger partial charge in [0.05, 0.1) is 6.10 Å². The second kappa shape index (κ2) is 7.33. The fourth-order valence-electron chi connectivity index (χ4n) is 2.81. The molecule has 1 heterocycles. The van der Waals surface area contributed by atoms with Crippen molar-refractivity contribution >= 4 is 0 Å². The van der Waals surface area contributed by atoms with Gasteiger partial charge in [-0.05, 0) is 50.4 Å². The monoisotopic (exact) mass is 273 g/mol. The number of terminal acetylenes is 1. The summed E-state index contributed by atoms with van der Waals surface area (Å²) in [7, 11) is 0. The second-order valence-corrected chi connectivity index (χ2v) is 5.49. The van der Waals surface area contributed by atoms with Crippen LogP contribution in [-0.4, -0.2) is 35.3 Å². The molecule has 1 N–H and O–H groups in total. The molecule has 2 atom stereocenters. The van der Waals surface area contributed by atoms with Crippen LogP contribution in [0, 0.1) is 12.3 Å². The molecule has 1 aliphatic rings. The van der Waals surface area contributed by atoms with Gasteiger partial charge in [-0.15, -0.1) is 6.42 Å². The van der Waals surface area contributed by atoms with Gasteiger partial charge in [0.1, 0.15) is 12.4 Å². The van der Waals surface area contributed by atoms with Gasteiger partial charge in [0.15, 0.2) is 0 Å². The van der Waals surface area contributed by atoms with Crippen LogP contribution in [0.15, 0.2) is 24.3 Å². The van der Waals surface area contributed by atoms with Crippen LogP contribution in [0.5, 0.6) is 5.75 Å². The number of rotatable bonds is 6. The van der Waals surface area contributed by atoms with E-state index in [1.165, 1.54) is 18.4 Å². The minimum Gasteiger partial charge on any atom is -0.481 e. The highest BCUT2D eigenvalue weighted by atomic mass is 16.5. The van der Waals surface area contributed by atoms with Crippen molar-refractivity contribution < 1.29 is 9.84 Å². The third kappa shape index (κ3) is 4.26. The van der Waals surface area contributed by atoms with Gasteiger partial charge in [0.25, 0.3) is 0 Å². The molecule has 1 aromatic rings. The van der Waals surface area contributed by atoms with E-state index in [0.29, 0.717) is 12.6 Å². The summed E-state index contributed by atoms with van der Waals surface area (Å²) in [5, 5.41) is 9.56. The average molecular weight is 273 g/mol. The lowest BCUT2D eigenvalue weighted by Gasteiger charge is -2.25. The SMILES string of the molecule is C#CCOc1ccc(CN2CCCC2CC(C)O)cc1. The molecule has 1 aromatic carbocycles. The van der Waals surface area contributed by atoms with Crippen LogP contribution in [0.2, 0.25) is 0 Å². The lowest BCUT2D eigenvalue weighted by atomic mass is 10.1. The predicted octanol–water partition coefficient (Wildman–Crippen LogP) is 2.43. The van der Waals surface area contributed by atoms with E-state index < -0.39 is 0 Å². The van der Waals surface area contributed by atoms with E-state index in [9.17, 15) is 5.11 Å². The Morgan fingerprint density at radius 2 is 2.20 bits per heavy atom. The van der Waals surface area contributed by atoms with Crippen LogP contribution in [-0.2, 0) is 6.54 Å². The van der Waals surface area contributed by atoms with Crippen LogP contribution in [0.25, 0.3) is 0 Å². The molecule has 20 heavy (non-hydrogen) atoms. The molecule has 3 heteroatoms. The lowest BCUT2D eigenvalue weighted by molar-refractivity contribution is 0.131. The number of hydrogen-bond acceptors (Lipinski definition) is 3. The molecule has 0 bridgehead atoms. The molecule has 0 saturated carbocycles. The first-order chi connectivity index (χ1) is 9.69. The summed E-state index contributed by atoms with van der Waals surface area (Å²) in [5.41, 5.74) is 1.27. The number of benzene rings is 1. The van der Waals surface area contributed by atoms with Gasteiger partial charge in [0.2, 0.25) is 0 Å². The number of likely N-dealkylation sites (tertiary alicyclic amines) is 1. The zero-order valence-electron chi connectivity index (χ0n) is 12.1. The zero-order valence-corrected chi connectivity index (χ0v) is 12.1. The van der Waals surface area contributed by atoms with Crippen LogP contribution in [0.1, 0.15) is 31.7 Å². The second-order valence-electron chi connectivity index (χ2n) is 5.49. The largest absolute Gasteiger partial charge is 0.481 e. The number of hydrogen-bond donors (Lipinski definition) is 1. The van der Waals surface area contributed by atoms with E-state index in [4.69, 9.17) is 11.2 Å². The smallest absolute Gasteiger partial charge is 0.148 e. The summed E-state index contributed by atoms with van der Waals surface area (Å²) in [6, 6.07) is 8.61. The third-order valence-electron chi connectivity index (χ3n) is 3.74. The van der Waals surface area contributed by atoms with Crippen molar-refractivity contribution in [3.05, 3.63) is 29.8 Å². The Morgan fingerprint density at radius 3 is 2.85 bits per heavy atom. The first kappa shape index (κ1) is 14.9. The number of nitrogens with zero attached hydrogens (tertiary/aromatic N) is 1. The molecule has 0 spiro atoms. The summed E-state index contributed by atoms with van der Waals surface area (Å²) in [6.45, 7) is 4.23. The molecule has 1 saturated heterocycles. The van der Waals surface area contributed by atoms with Gasteiger partial charge in [-0.2, -0.15) is 0 Å². The molecule has 2 unspecified atom stereocenters. The van der Waals surface area contributed by atoms with Crippen LogP contribution in [0.3, 0.4) is 0 Å². The maximum absolute atomic E-state index is 9.56. The number of aliphatic hydroxyl groups excluding tert-OH is 1. The van der Waals surface area contributed by atoms with Crippen molar-refractivity contribution in [2.45, 2.75) is 44.9 Å². The summed E-state index contributed by atoms with van der Waals surface area (Å²) in [4.78, 5) is 2.46. The summed E-state index contributed by atoms with van der Waals surface area (Å²) in [5.74, 6) is 3.27. The minimum atomic E-state index is -0.222. The van der Waals surface area contributed by atoms with Gasteiger partial charge in [-0.1, -0.05) is 18.1 Å². The van der Waals surface area contributed by atoms with Crippen molar-refractivity contribution in [2.24, 2.45) is 0 Å². The Labute approximate surface area is 121 Å². The fraction of sp³-hybridized carbons (Fsp3) is 0.529. The van der Waals surface area contributed by atoms with E-state index in [1.807, 2.05) is 19.1 Å². The van der Waals surface area contributed by atoms with Crippen LogP contribution >= 0.6 is 0 Å². The molecular weight excluding hydrogens is 250 g/mol. The van der Waals surface area contributed by atoms with Gasteiger partial charge >= 0.3 is 0 Å². The maximum atomic E-state index is 9.56. The highest BCUT2D eigenvalue weighted by Gasteiger charge is 2.25. The number of aliphatic hydroxyl groups is 1. The third-order valence-corrected chi connectivity index (χ3v) is 3.74. The van der Waals surface area contributed by atoms with Crippen molar-refractivity contribution in [3.63, 3.8) is 0 Å². The van der Waals surface area contributed by atoms with Crippen LogP contribution in [0.4, 0.5) is 0 Å². The Kier molecular flexibility index (Phi) is 5.46. The summed E-state index contributed by atoms with van der Waals surface area (Å²) in [6.07, 6.45) is 8.22. The van der Waals surface area contributed by atoms with Crippen molar-refractivity contribution in [1.29, 1.82) is 0 Å². The van der Waals surface area contributed by atoms with Crippen molar-refractivity contribution in [3.8, 4) is 18.1 Å². The predicted molar refractivity (Wildman–Crippen MR) is 80.5 cm³/mol. The molecule has 108 valence electrons. The zero-order chi connectivity index (χ0) is 14.4. The quantitative estimate of drug-likeness (QED) is 0.808. The first-order valence-corrected chi connectivity index (χ1v) is 7.26. The maximum Gasteiger partial charge on any atom is 0.148 e. The molecule has 0 aromatic heterocycles. The van der Waals surface area contributed by atoms with Crippen molar-refractivity contribution in [1.82, 2.24) is 4.90 Å². The van der Waals surface area contributed by atoms with E-state index >= 15 is 0 Å². The molecule has 3 nitrogen and oxygen atoms in total. The van der Waals surface area contributed by atoms with E-state index in [2.05, 4.69) is 23.0 Å². The first-order valence-electron chi connectivity index (χ1n) is 7.26. The van der Waals surface area contributed by atoms with Gasteiger partial charge < -0.3 is 9.84 Å². The van der Waals surface area contributed by atoms with E-state index in [-0.39, 0.29) is 6.10 Å². The lowest BCUT2D eigenvalue weighted by Crippen LogP contribution is -2.31. The Morgan fingerprint density at radius 1 is 1.45 bits per heavy atom. The molecule has 0 radical (unpaired) electrons. The fourth-order valence-corrected chi connectivity index (χ4v) is 2.81. The number of ether oxygens (including phenoxy) is 1. The van der Waals surface area contributed by atoms with Crippen molar-refractivity contribution in [2.75, 3.05) is 13.2 Å². The Hall–Kier alpha value is -1.50. The van der Waals surface area contributed by atoms with Gasteiger partial charge in [0, 0.05) is 12.6 Å². The molecular formula is C17H23NO2. The van der Waals surface area contributed by atoms with E-state index in [1.54, 1.807) is 0 Å². The Balaban J connectivity index is 1.90. The molecule has 1 aliphatic heterocycles. The molecule has 2 rings (SSSR count). The molecule has 0 amide bonds. The minimum absolute atomic E-state index is 0.222. The van der Waals surface area contributed by atoms with E-state index in [0.717, 1.165) is 25.3 Å². The molecule has 1 fully saturated rings. The highest BCUT2D eigenvalue weighted by molar-refractivity contribution is 5.27. The average Bonchev–Trinajstić information content (AvgIpc) is 2.84. The Bertz CT molecular complexity index is 447. The van der Waals surface area contributed by atoms with Gasteiger partial charge in [-0.3, -0.25) is 4.90 Å². The molecule has 0 aliphatic carbocycles. The highest BCUT2D eigenvalue weighted by Crippen LogP contribution is 2.24. The summed E-state index contributed by atoms with van der Waals surface area (Å²) < 4.78 is 5.37. The van der Waals surface area contributed by atoms with Crippen LogP contribution < -0.4 is 4.74 Å². The topological polar surface area (TPSA) is 32.7 Å². The normalized spacial score (nSPS) is 20.6.